The van der Waals surface area contributed by atoms with Crippen molar-refractivity contribution < 1.29 is 4.52 Å². The summed E-state index contributed by atoms with van der Waals surface area (Å²) in [7, 11) is 0. The Balaban J connectivity index is 1.21. The molecular formula is C28H27N5O. The molecule has 0 saturated carbocycles. The number of nitrogens with one attached hydrogen (secondary N) is 1. The Hall–Kier alpha value is -3.77. The minimum Gasteiger partial charge on any atom is -0.342 e. The van der Waals surface area contributed by atoms with Gasteiger partial charge in [-0.1, -0.05) is 78.0 Å². The molecule has 1 atom stereocenters. The third kappa shape index (κ3) is 4.24. The van der Waals surface area contributed by atoms with Crippen LogP contribution in [-0.4, -0.2) is 38.1 Å². The number of hydrogen-bond acceptors (Lipinski definition) is 5. The van der Waals surface area contributed by atoms with E-state index in [1.165, 1.54) is 0 Å². The van der Waals surface area contributed by atoms with E-state index in [1.807, 2.05) is 24.3 Å². The predicted octanol–water partition coefficient (Wildman–Crippen LogP) is 5.51. The van der Waals surface area contributed by atoms with Crippen LogP contribution in [0.1, 0.15) is 53.3 Å². The van der Waals surface area contributed by atoms with Crippen LogP contribution >= 0.6 is 0 Å². The zero-order valence-electron chi connectivity index (χ0n) is 19.0. The quantitative estimate of drug-likeness (QED) is 0.370. The molecule has 6 rings (SSSR count). The van der Waals surface area contributed by atoms with E-state index in [0.29, 0.717) is 24.2 Å². The Morgan fingerprint density at radius 2 is 1.59 bits per heavy atom. The predicted molar refractivity (Wildman–Crippen MR) is 131 cm³/mol. The van der Waals surface area contributed by atoms with Gasteiger partial charge in [-0.05, 0) is 42.6 Å². The largest absolute Gasteiger partial charge is 0.342 e. The molecule has 1 N–H and O–H groups in total. The van der Waals surface area contributed by atoms with Crippen LogP contribution in [0.4, 0.5) is 0 Å². The molecule has 1 aliphatic rings. The first-order valence-electron chi connectivity index (χ1n) is 11.9. The first kappa shape index (κ1) is 20.8. The van der Waals surface area contributed by atoms with Gasteiger partial charge < -0.3 is 9.51 Å². The molecule has 0 aliphatic carbocycles. The van der Waals surface area contributed by atoms with Crippen molar-refractivity contribution in [3.8, 4) is 0 Å². The van der Waals surface area contributed by atoms with Crippen molar-refractivity contribution >= 4 is 11.0 Å². The number of likely N-dealkylation sites (tertiary alicyclic amines) is 1. The number of benzene rings is 3. The van der Waals surface area contributed by atoms with Gasteiger partial charge in [0.25, 0.3) is 0 Å². The van der Waals surface area contributed by atoms with E-state index >= 15 is 0 Å². The van der Waals surface area contributed by atoms with Crippen molar-refractivity contribution in [3.05, 3.63) is 114 Å². The molecule has 0 bridgehead atoms. The molecule has 6 heteroatoms. The molecule has 2 aromatic heterocycles. The fraction of sp³-hybridized carbons (Fsp3) is 0.250. The molecular weight excluding hydrogens is 422 g/mol. The highest BCUT2D eigenvalue weighted by atomic mass is 16.5. The molecule has 0 spiro atoms. The van der Waals surface area contributed by atoms with Gasteiger partial charge in [-0.3, -0.25) is 4.90 Å². The summed E-state index contributed by atoms with van der Waals surface area (Å²) in [6.07, 6.45) is 2.26. The molecule has 1 saturated heterocycles. The number of hydrogen-bond donors (Lipinski definition) is 1. The zero-order chi connectivity index (χ0) is 22.7. The molecule has 3 heterocycles. The van der Waals surface area contributed by atoms with Gasteiger partial charge in [0, 0.05) is 12.5 Å². The second-order valence-corrected chi connectivity index (χ2v) is 9.01. The van der Waals surface area contributed by atoms with Gasteiger partial charge in [0.2, 0.25) is 5.89 Å². The SMILES string of the molecule is c1ccc(C(c2ccccc2)c2noc(CN3CCCC(c4nc5ccccc5[nH]4)C3)n2)cc1. The first-order valence-corrected chi connectivity index (χ1v) is 11.9. The van der Waals surface area contributed by atoms with Crippen LogP contribution in [0.15, 0.2) is 89.5 Å². The lowest BCUT2D eigenvalue weighted by molar-refractivity contribution is 0.174. The van der Waals surface area contributed by atoms with Crippen LogP contribution in [0.2, 0.25) is 0 Å². The van der Waals surface area contributed by atoms with Crippen molar-refractivity contribution in [2.75, 3.05) is 13.1 Å². The van der Waals surface area contributed by atoms with Crippen LogP contribution in [0.5, 0.6) is 0 Å². The van der Waals surface area contributed by atoms with E-state index in [-0.39, 0.29) is 5.92 Å². The van der Waals surface area contributed by atoms with E-state index in [2.05, 4.69) is 75.7 Å². The van der Waals surface area contributed by atoms with Gasteiger partial charge in [-0.2, -0.15) is 4.98 Å². The number of imidazole rings is 1. The monoisotopic (exact) mass is 449 g/mol. The van der Waals surface area contributed by atoms with E-state index in [4.69, 9.17) is 14.5 Å². The molecule has 34 heavy (non-hydrogen) atoms. The van der Waals surface area contributed by atoms with Gasteiger partial charge in [0.15, 0.2) is 5.82 Å². The average molecular weight is 450 g/mol. The summed E-state index contributed by atoms with van der Waals surface area (Å²) >= 11 is 0. The van der Waals surface area contributed by atoms with E-state index < -0.39 is 0 Å². The molecule has 1 unspecified atom stereocenters. The minimum atomic E-state index is -0.0513. The van der Waals surface area contributed by atoms with Crippen LogP contribution in [0, 0.1) is 0 Å². The van der Waals surface area contributed by atoms with E-state index in [0.717, 1.165) is 53.9 Å². The Labute approximate surface area is 198 Å². The number of piperidine rings is 1. The third-order valence-corrected chi connectivity index (χ3v) is 6.67. The normalized spacial score (nSPS) is 16.9. The van der Waals surface area contributed by atoms with Crippen molar-refractivity contribution in [3.63, 3.8) is 0 Å². The maximum absolute atomic E-state index is 5.75. The molecule has 0 amide bonds. The van der Waals surface area contributed by atoms with Crippen LogP contribution in [-0.2, 0) is 6.54 Å². The van der Waals surface area contributed by atoms with E-state index in [9.17, 15) is 0 Å². The number of H-pyrrole nitrogens is 1. The van der Waals surface area contributed by atoms with E-state index in [1.54, 1.807) is 0 Å². The lowest BCUT2D eigenvalue weighted by Crippen LogP contribution is -2.34. The number of nitrogens with zero attached hydrogens (tertiary/aromatic N) is 4. The Morgan fingerprint density at radius 1 is 0.882 bits per heavy atom. The summed E-state index contributed by atoms with van der Waals surface area (Å²) in [5.74, 6) is 2.77. The fourth-order valence-electron chi connectivity index (χ4n) is 5.01. The van der Waals surface area contributed by atoms with Gasteiger partial charge >= 0.3 is 0 Å². The smallest absolute Gasteiger partial charge is 0.240 e. The molecule has 5 aromatic rings. The minimum absolute atomic E-state index is 0.0513. The lowest BCUT2D eigenvalue weighted by Gasteiger charge is -2.30. The molecule has 6 nitrogen and oxygen atoms in total. The van der Waals surface area contributed by atoms with Gasteiger partial charge in [-0.25, -0.2) is 4.98 Å². The van der Waals surface area contributed by atoms with Crippen molar-refractivity contribution in [2.45, 2.75) is 31.2 Å². The maximum atomic E-state index is 5.75. The third-order valence-electron chi connectivity index (χ3n) is 6.67. The molecule has 1 aliphatic heterocycles. The van der Waals surface area contributed by atoms with Gasteiger partial charge in [-0.15, -0.1) is 0 Å². The number of rotatable bonds is 6. The molecule has 1 fully saturated rings. The van der Waals surface area contributed by atoms with Gasteiger partial charge in [0.1, 0.15) is 5.82 Å². The number of aromatic nitrogens is 4. The molecule has 3 aromatic carbocycles. The Morgan fingerprint density at radius 3 is 2.32 bits per heavy atom. The first-order chi connectivity index (χ1) is 16.8. The number of fused-ring (bicyclic) bond motifs is 1. The van der Waals surface area contributed by atoms with Gasteiger partial charge in [0.05, 0.1) is 23.5 Å². The summed E-state index contributed by atoms with van der Waals surface area (Å²) in [5.41, 5.74) is 4.45. The topological polar surface area (TPSA) is 70.8 Å². The van der Waals surface area contributed by atoms with Crippen molar-refractivity contribution in [2.24, 2.45) is 0 Å². The average Bonchev–Trinajstić information content (AvgIpc) is 3.53. The lowest BCUT2D eigenvalue weighted by atomic mass is 9.91. The zero-order valence-corrected chi connectivity index (χ0v) is 19.0. The second kappa shape index (κ2) is 9.23. The highest BCUT2D eigenvalue weighted by molar-refractivity contribution is 5.74. The molecule has 0 radical (unpaired) electrons. The number of para-hydroxylation sites is 2. The van der Waals surface area contributed by atoms with Crippen LogP contribution in [0.3, 0.4) is 0 Å². The van der Waals surface area contributed by atoms with Crippen LogP contribution in [0.25, 0.3) is 11.0 Å². The van der Waals surface area contributed by atoms with Crippen molar-refractivity contribution in [1.29, 1.82) is 0 Å². The number of aromatic amines is 1. The standard InChI is InChI=1S/C28H27N5O/c1-3-10-20(11-4-1)26(21-12-5-2-6-13-21)28-31-25(34-32-28)19-33-17-9-14-22(18-33)27-29-23-15-7-8-16-24(23)30-27/h1-8,10-13,15-16,22,26H,9,14,17-19H2,(H,29,30). The maximum Gasteiger partial charge on any atom is 0.240 e. The summed E-state index contributed by atoms with van der Waals surface area (Å²) in [5, 5.41) is 4.41. The highest BCUT2D eigenvalue weighted by Crippen LogP contribution is 2.31. The summed E-state index contributed by atoms with van der Waals surface area (Å²) in [6, 6.07) is 29.0. The fourth-order valence-corrected chi connectivity index (χ4v) is 5.01. The summed E-state index contributed by atoms with van der Waals surface area (Å²) in [6.45, 7) is 2.60. The molecule has 170 valence electrons. The second-order valence-electron chi connectivity index (χ2n) is 9.01. The van der Waals surface area contributed by atoms with Crippen molar-refractivity contribution in [1.82, 2.24) is 25.0 Å². The Bertz CT molecular complexity index is 1290. The van der Waals surface area contributed by atoms with Crippen LogP contribution < -0.4 is 0 Å². The Kier molecular flexibility index (Phi) is 5.65. The summed E-state index contributed by atoms with van der Waals surface area (Å²) < 4.78 is 5.75. The summed E-state index contributed by atoms with van der Waals surface area (Å²) in [4.78, 5) is 15.6. The highest BCUT2D eigenvalue weighted by Gasteiger charge is 2.27.